The van der Waals surface area contributed by atoms with Crippen molar-refractivity contribution in [3.05, 3.63) is 35.9 Å². The number of hydrogen-bond donors (Lipinski definition) is 1. The predicted molar refractivity (Wildman–Crippen MR) is 70.9 cm³/mol. The molecule has 0 aliphatic rings. The fourth-order valence-corrected chi connectivity index (χ4v) is 1.99. The van der Waals surface area contributed by atoms with E-state index in [-0.39, 0.29) is 12.3 Å². The van der Waals surface area contributed by atoms with E-state index in [0.29, 0.717) is 13.0 Å². The van der Waals surface area contributed by atoms with Crippen LogP contribution in [0.5, 0.6) is 0 Å². The number of tetrazole rings is 1. The number of pyridine rings is 1. The Balaban J connectivity index is 1.93. The molecule has 0 radical (unpaired) electrons. The lowest BCUT2D eigenvalue weighted by molar-refractivity contribution is -0.138. The minimum Gasteiger partial charge on any atom is -0.481 e. The molecule has 0 saturated carbocycles. The van der Waals surface area contributed by atoms with E-state index in [0.717, 1.165) is 17.9 Å². The van der Waals surface area contributed by atoms with Crippen molar-refractivity contribution in [2.75, 3.05) is 0 Å². The van der Waals surface area contributed by atoms with E-state index in [9.17, 15) is 4.79 Å². The standard InChI is InChI=1S/C13H17N5O2/c1-10(8-13(19)20)9-18-12(15-16-17-18)6-5-11-4-2-3-7-14-11/h2-4,7,10H,5-6,8-9H2,1H3,(H,19,20). The SMILES string of the molecule is CC(CC(=O)O)Cn1nnnc1CCc1ccccn1. The minimum absolute atomic E-state index is 0.00963. The number of aryl methyl sites for hydroxylation is 2. The molecule has 20 heavy (non-hydrogen) atoms. The molecule has 2 heterocycles. The summed E-state index contributed by atoms with van der Waals surface area (Å²) < 4.78 is 1.68. The van der Waals surface area contributed by atoms with Crippen molar-refractivity contribution >= 4 is 5.97 Å². The predicted octanol–water partition coefficient (Wildman–Crippen LogP) is 0.964. The summed E-state index contributed by atoms with van der Waals surface area (Å²) in [7, 11) is 0. The highest BCUT2D eigenvalue weighted by atomic mass is 16.4. The normalized spacial score (nSPS) is 12.2. The highest BCUT2D eigenvalue weighted by Gasteiger charge is 2.13. The molecule has 1 N–H and O–H groups in total. The molecule has 2 aromatic rings. The fraction of sp³-hybridized carbons (Fsp3) is 0.462. The van der Waals surface area contributed by atoms with Gasteiger partial charge in [0.05, 0.1) is 0 Å². The van der Waals surface area contributed by atoms with Crippen LogP contribution in [0.2, 0.25) is 0 Å². The van der Waals surface area contributed by atoms with E-state index in [1.807, 2.05) is 25.1 Å². The lowest BCUT2D eigenvalue weighted by atomic mass is 10.1. The Bertz CT molecular complexity index is 555. The van der Waals surface area contributed by atoms with Gasteiger partial charge in [-0.15, -0.1) is 5.10 Å². The number of aromatic nitrogens is 5. The summed E-state index contributed by atoms with van der Waals surface area (Å²) >= 11 is 0. The van der Waals surface area contributed by atoms with E-state index in [1.165, 1.54) is 0 Å². The molecule has 7 heteroatoms. The Morgan fingerprint density at radius 1 is 1.40 bits per heavy atom. The van der Waals surface area contributed by atoms with Gasteiger partial charge < -0.3 is 5.11 Å². The zero-order valence-electron chi connectivity index (χ0n) is 11.3. The van der Waals surface area contributed by atoms with Crippen molar-refractivity contribution in [1.82, 2.24) is 25.2 Å². The Labute approximate surface area is 116 Å². The first-order chi connectivity index (χ1) is 9.65. The van der Waals surface area contributed by atoms with Gasteiger partial charge in [0, 0.05) is 31.3 Å². The lowest BCUT2D eigenvalue weighted by Gasteiger charge is -2.09. The molecule has 0 spiro atoms. The zero-order valence-corrected chi connectivity index (χ0v) is 11.3. The van der Waals surface area contributed by atoms with Gasteiger partial charge in [0.15, 0.2) is 5.82 Å². The first-order valence-electron chi connectivity index (χ1n) is 6.52. The van der Waals surface area contributed by atoms with Crippen LogP contribution in [0.3, 0.4) is 0 Å². The number of nitrogens with zero attached hydrogens (tertiary/aromatic N) is 5. The van der Waals surface area contributed by atoms with Gasteiger partial charge >= 0.3 is 5.97 Å². The molecule has 0 aliphatic carbocycles. The van der Waals surface area contributed by atoms with Gasteiger partial charge in [-0.2, -0.15) is 0 Å². The van der Waals surface area contributed by atoms with Crippen LogP contribution in [-0.2, 0) is 24.2 Å². The molecular weight excluding hydrogens is 258 g/mol. The number of rotatable bonds is 7. The van der Waals surface area contributed by atoms with Gasteiger partial charge in [0.25, 0.3) is 0 Å². The van der Waals surface area contributed by atoms with Crippen LogP contribution >= 0.6 is 0 Å². The smallest absolute Gasteiger partial charge is 0.303 e. The van der Waals surface area contributed by atoms with E-state index in [2.05, 4.69) is 20.5 Å². The third kappa shape index (κ3) is 4.11. The van der Waals surface area contributed by atoms with Crippen LogP contribution in [0.15, 0.2) is 24.4 Å². The van der Waals surface area contributed by atoms with E-state index >= 15 is 0 Å². The number of hydrogen-bond acceptors (Lipinski definition) is 5. The summed E-state index contributed by atoms with van der Waals surface area (Å²) in [5.74, 6) is -0.0573. The van der Waals surface area contributed by atoms with E-state index in [4.69, 9.17) is 5.11 Å². The van der Waals surface area contributed by atoms with Crippen LogP contribution in [0.4, 0.5) is 0 Å². The van der Waals surface area contributed by atoms with Crippen LogP contribution < -0.4 is 0 Å². The summed E-state index contributed by atoms with van der Waals surface area (Å²) in [6.45, 7) is 2.38. The molecule has 1 unspecified atom stereocenters. The molecule has 0 fully saturated rings. The van der Waals surface area contributed by atoms with E-state index < -0.39 is 5.97 Å². The van der Waals surface area contributed by atoms with Gasteiger partial charge in [-0.3, -0.25) is 9.78 Å². The van der Waals surface area contributed by atoms with Crippen molar-refractivity contribution in [3.63, 3.8) is 0 Å². The molecule has 2 aromatic heterocycles. The summed E-state index contributed by atoms with van der Waals surface area (Å²) in [6.07, 6.45) is 3.31. The number of carbonyl (C=O) groups is 1. The highest BCUT2D eigenvalue weighted by molar-refractivity contribution is 5.66. The van der Waals surface area contributed by atoms with Crippen molar-refractivity contribution in [2.24, 2.45) is 5.92 Å². The Morgan fingerprint density at radius 2 is 2.25 bits per heavy atom. The molecule has 0 saturated heterocycles. The average Bonchev–Trinajstić information content (AvgIpc) is 2.84. The van der Waals surface area contributed by atoms with Crippen LogP contribution in [0, 0.1) is 5.92 Å². The molecule has 0 amide bonds. The third-order valence-corrected chi connectivity index (χ3v) is 2.94. The molecular formula is C13H17N5O2. The Kier molecular flexibility index (Phi) is 4.75. The molecule has 7 nitrogen and oxygen atoms in total. The summed E-state index contributed by atoms with van der Waals surface area (Å²) in [5, 5.41) is 20.3. The largest absolute Gasteiger partial charge is 0.481 e. The Morgan fingerprint density at radius 3 is 2.95 bits per heavy atom. The quantitative estimate of drug-likeness (QED) is 0.809. The first-order valence-corrected chi connectivity index (χ1v) is 6.52. The van der Waals surface area contributed by atoms with Gasteiger partial charge in [-0.05, 0) is 34.9 Å². The first kappa shape index (κ1) is 14.1. The zero-order chi connectivity index (χ0) is 14.4. The van der Waals surface area contributed by atoms with Crippen molar-refractivity contribution in [2.45, 2.75) is 32.7 Å². The highest BCUT2D eigenvalue weighted by Crippen LogP contribution is 2.08. The Hall–Kier alpha value is -2.31. The van der Waals surface area contributed by atoms with Gasteiger partial charge in [-0.25, -0.2) is 4.68 Å². The van der Waals surface area contributed by atoms with Gasteiger partial charge in [0.1, 0.15) is 0 Å². The summed E-state index contributed by atoms with van der Waals surface area (Å²) in [5.41, 5.74) is 0.987. The molecule has 0 aliphatic heterocycles. The maximum atomic E-state index is 10.7. The molecule has 106 valence electrons. The molecule has 0 aromatic carbocycles. The van der Waals surface area contributed by atoms with Crippen molar-refractivity contribution < 1.29 is 9.90 Å². The average molecular weight is 275 g/mol. The van der Waals surface area contributed by atoms with Crippen LogP contribution in [-0.4, -0.2) is 36.3 Å². The van der Waals surface area contributed by atoms with Crippen molar-refractivity contribution in [1.29, 1.82) is 0 Å². The number of aliphatic carboxylic acids is 1. The molecule has 0 bridgehead atoms. The monoisotopic (exact) mass is 275 g/mol. The van der Waals surface area contributed by atoms with Crippen molar-refractivity contribution in [3.8, 4) is 0 Å². The second kappa shape index (κ2) is 6.74. The van der Waals surface area contributed by atoms with Gasteiger partial charge in [-0.1, -0.05) is 13.0 Å². The maximum Gasteiger partial charge on any atom is 0.303 e. The summed E-state index contributed by atoms with van der Waals surface area (Å²) in [4.78, 5) is 14.9. The summed E-state index contributed by atoms with van der Waals surface area (Å²) in [6, 6.07) is 5.78. The second-order valence-corrected chi connectivity index (χ2v) is 4.80. The minimum atomic E-state index is -0.805. The lowest BCUT2D eigenvalue weighted by Crippen LogP contribution is -2.15. The third-order valence-electron chi connectivity index (χ3n) is 2.94. The second-order valence-electron chi connectivity index (χ2n) is 4.80. The fourth-order valence-electron chi connectivity index (χ4n) is 1.99. The maximum absolute atomic E-state index is 10.7. The topological polar surface area (TPSA) is 93.8 Å². The molecule has 1 atom stereocenters. The van der Waals surface area contributed by atoms with Gasteiger partial charge in [0.2, 0.25) is 0 Å². The van der Waals surface area contributed by atoms with Crippen LogP contribution in [0.25, 0.3) is 0 Å². The molecule has 2 rings (SSSR count). The number of carboxylic acid groups (broad SMARTS) is 1. The number of carboxylic acids is 1. The van der Waals surface area contributed by atoms with Crippen LogP contribution in [0.1, 0.15) is 24.9 Å². The van der Waals surface area contributed by atoms with E-state index in [1.54, 1.807) is 10.9 Å².